The number of hydrogen-bond acceptors (Lipinski definition) is 7. The van der Waals surface area contributed by atoms with E-state index in [0.29, 0.717) is 12.6 Å². The van der Waals surface area contributed by atoms with E-state index >= 15 is 0 Å². The average molecular weight is 490 g/mol. The minimum Gasteiger partial charge on any atom is -0.463 e. The molecule has 3 aromatic rings. The van der Waals surface area contributed by atoms with Crippen molar-refractivity contribution in [3.8, 4) is 6.01 Å². The van der Waals surface area contributed by atoms with Crippen LogP contribution in [0.4, 0.5) is 11.5 Å². The van der Waals surface area contributed by atoms with Crippen molar-refractivity contribution in [3.05, 3.63) is 35.2 Å². The first kappa shape index (κ1) is 23.5. The Balaban J connectivity index is 1.24. The number of likely N-dealkylation sites (tertiary alicyclic amines) is 1. The number of anilines is 2. The Hall–Kier alpha value is -2.87. The van der Waals surface area contributed by atoms with E-state index in [1.54, 1.807) is 0 Å². The topological polar surface area (TPSA) is 73.4 Å². The Morgan fingerprint density at radius 2 is 1.72 bits per heavy atom. The number of H-pyrrole nitrogens is 1. The number of benzene rings is 1. The van der Waals surface area contributed by atoms with Crippen molar-refractivity contribution in [2.24, 2.45) is 0 Å². The van der Waals surface area contributed by atoms with E-state index in [9.17, 15) is 0 Å². The molecule has 8 nitrogen and oxygen atoms in total. The smallest absolute Gasteiger partial charge is 0.318 e. The lowest BCUT2D eigenvalue weighted by molar-refractivity contribution is 0.200. The van der Waals surface area contributed by atoms with E-state index in [0.717, 1.165) is 62.6 Å². The fourth-order valence-electron chi connectivity index (χ4n) is 6.18. The van der Waals surface area contributed by atoms with Crippen LogP contribution in [0.3, 0.4) is 0 Å². The van der Waals surface area contributed by atoms with Crippen molar-refractivity contribution >= 4 is 22.4 Å². The molecule has 0 atom stereocenters. The van der Waals surface area contributed by atoms with Crippen molar-refractivity contribution in [2.75, 3.05) is 55.7 Å². The largest absolute Gasteiger partial charge is 0.463 e. The molecular formula is C28H39N7O. The average Bonchev–Trinajstić information content (AvgIpc) is 3.40. The fraction of sp³-hybridized carbons (Fsp3) is 0.607. The summed E-state index contributed by atoms with van der Waals surface area (Å²) in [7, 11) is 0. The molecule has 6 rings (SSSR count). The summed E-state index contributed by atoms with van der Waals surface area (Å²) >= 11 is 0. The van der Waals surface area contributed by atoms with Gasteiger partial charge in [0.2, 0.25) is 0 Å². The van der Waals surface area contributed by atoms with Gasteiger partial charge >= 0.3 is 6.01 Å². The highest BCUT2D eigenvalue weighted by molar-refractivity contribution is 5.93. The van der Waals surface area contributed by atoms with Crippen LogP contribution in [0.15, 0.2) is 18.3 Å². The summed E-state index contributed by atoms with van der Waals surface area (Å²) in [6.07, 6.45) is 11.7. The van der Waals surface area contributed by atoms with Gasteiger partial charge in [-0.05, 0) is 76.6 Å². The molecule has 2 aromatic heterocycles. The zero-order valence-electron chi connectivity index (χ0n) is 21.6. The molecule has 3 aliphatic heterocycles. The number of aromatic amines is 1. The molecule has 0 amide bonds. The Bertz CT molecular complexity index is 1180. The van der Waals surface area contributed by atoms with E-state index in [-0.39, 0.29) is 0 Å². The third-order valence-corrected chi connectivity index (χ3v) is 8.09. The predicted molar refractivity (Wildman–Crippen MR) is 144 cm³/mol. The number of aryl methyl sites for hydroxylation is 1. The molecule has 192 valence electrons. The quantitative estimate of drug-likeness (QED) is 0.491. The van der Waals surface area contributed by atoms with Crippen molar-refractivity contribution < 1.29 is 4.74 Å². The van der Waals surface area contributed by atoms with Gasteiger partial charge in [0.15, 0.2) is 0 Å². The van der Waals surface area contributed by atoms with E-state index in [1.807, 2.05) is 6.20 Å². The maximum absolute atomic E-state index is 6.21. The van der Waals surface area contributed by atoms with Crippen LogP contribution in [0.25, 0.3) is 10.9 Å². The first-order valence-corrected chi connectivity index (χ1v) is 13.9. The summed E-state index contributed by atoms with van der Waals surface area (Å²) in [6, 6.07) is 4.85. The third-order valence-electron chi connectivity index (χ3n) is 8.09. The van der Waals surface area contributed by atoms with Crippen LogP contribution >= 0.6 is 0 Å². The molecule has 0 unspecified atom stereocenters. The van der Waals surface area contributed by atoms with Crippen LogP contribution in [0.2, 0.25) is 0 Å². The second-order valence-electron chi connectivity index (χ2n) is 10.6. The van der Waals surface area contributed by atoms with Crippen molar-refractivity contribution in [1.29, 1.82) is 0 Å². The molecule has 1 N–H and O–H groups in total. The summed E-state index contributed by atoms with van der Waals surface area (Å²) < 4.78 is 6.21. The molecule has 0 saturated carbocycles. The fourth-order valence-corrected chi connectivity index (χ4v) is 6.18. The van der Waals surface area contributed by atoms with E-state index in [1.165, 1.54) is 73.8 Å². The molecule has 3 aliphatic rings. The predicted octanol–water partition coefficient (Wildman–Crippen LogP) is 4.47. The van der Waals surface area contributed by atoms with Crippen LogP contribution in [0.5, 0.6) is 6.01 Å². The minimum atomic E-state index is 0.549. The van der Waals surface area contributed by atoms with Crippen LogP contribution < -0.4 is 14.5 Å². The Morgan fingerprint density at radius 1 is 0.917 bits per heavy atom. The number of nitrogens with zero attached hydrogens (tertiary/aromatic N) is 6. The van der Waals surface area contributed by atoms with Crippen molar-refractivity contribution in [2.45, 2.75) is 64.8 Å². The summed E-state index contributed by atoms with van der Waals surface area (Å²) in [5, 5.41) is 8.60. The van der Waals surface area contributed by atoms with Gasteiger partial charge in [0, 0.05) is 37.1 Å². The van der Waals surface area contributed by atoms with Crippen LogP contribution in [0, 0.1) is 6.92 Å². The SMILES string of the molecule is Cc1ccc2[nH]ncc2c1N1CCc2c(nc(OCCCN3CCCCC3)nc2N2CCCCC2)C1. The van der Waals surface area contributed by atoms with Gasteiger partial charge in [-0.25, -0.2) is 0 Å². The number of nitrogens with one attached hydrogen (secondary N) is 1. The number of aromatic nitrogens is 4. The second-order valence-corrected chi connectivity index (χ2v) is 10.6. The Labute approximate surface area is 214 Å². The number of ether oxygens (including phenoxy) is 1. The standard InChI is InChI=1S/C28H39N7O/c1-21-9-10-24-23(19-29-32-24)26(21)35-17-11-22-25(20-35)30-28(31-27(22)34-15-6-3-7-16-34)36-18-8-14-33-12-4-2-5-13-33/h9-10,19H,2-8,11-18,20H2,1H3,(H,29,32). The lowest BCUT2D eigenvalue weighted by atomic mass is 10.0. The molecule has 2 fully saturated rings. The number of hydrogen-bond donors (Lipinski definition) is 1. The molecular weight excluding hydrogens is 450 g/mol. The van der Waals surface area contributed by atoms with E-state index < -0.39 is 0 Å². The minimum absolute atomic E-state index is 0.549. The maximum atomic E-state index is 6.21. The highest BCUT2D eigenvalue weighted by Gasteiger charge is 2.28. The van der Waals surface area contributed by atoms with Gasteiger partial charge in [0.1, 0.15) is 5.82 Å². The molecule has 2 saturated heterocycles. The van der Waals surface area contributed by atoms with Gasteiger partial charge in [-0.1, -0.05) is 12.5 Å². The van der Waals surface area contributed by atoms with E-state index in [2.05, 4.69) is 44.0 Å². The zero-order chi connectivity index (χ0) is 24.3. The Morgan fingerprint density at radius 3 is 2.56 bits per heavy atom. The normalized spacial score (nSPS) is 19.0. The molecule has 36 heavy (non-hydrogen) atoms. The van der Waals surface area contributed by atoms with Gasteiger partial charge in [-0.15, -0.1) is 0 Å². The van der Waals surface area contributed by atoms with Gasteiger partial charge < -0.3 is 19.4 Å². The summed E-state index contributed by atoms with van der Waals surface area (Å²) in [5.74, 6) is 1.11. The highest BCUT2D eigenvalue weighted by atomic mass is 16.5. The lowest BCUT2D eigenvalue weighted by Crippen LogP contribution is -2.36. The molecule has 0 aliphatic carbocycles. The first-order chi connectivity index (χ1) is 17.8. The van der Waals surface area contributed by atoms with E-state index in [4.69, 9.17) is 14.7 Å². The van der Waals surface area contributed by atoms with Gasteiger partial charge in [0.25, 0.3) is 0 Å². The van der Waals surface area contributed by atoms with Gasteiger partial charge in [-0.3, -0.25) is 5.10 Å². The van der Waals surface area contributed by atoms with Crippen LogP contribution in [0.1, 0.15) is 61.8 Å². The van der Waals surface area contributed by atoms with Gasteiger partial charge in [-0.2, -0.15) is 15.1 Å². The summed E-state index contributed by atoms with van der Waals surface area (Å²) in [4.78, 5) is 17.5. The first-order valence-electron chi connectivity index (χ1n) is 13.9. The second kappa shape index (κ2) is 10.6. The van der Waals surface area contributed by atoms with Crippen molar-refractivity contribution in [1.82, 2.24) is 25.1 Å². The highest BCUT2D eigenvalue weighted by Crippen LogP contribution is 2.36. The van der Waals surface area contributed by atoms with Gasteiger partial charge in [0.05, 0.1) is 36.2 Å². The van der Waals surface area contributed by atoms with Crippen LogP contribution in [-0.2, 0) is 13.0 Å². The Kier molecular flexibility index (Phi) is 6.94. The molecule has 1 aromatic carbocycles. The molecule has 0 spiro atoms. The molecule has 5 heterocycles. The monoisotopic (exact) mass is 489 g/mol. The summed E-state index contributed by atoms with van der Waals surface area (Å²) in [5.41, 5.74) is 6.03. The number of rotatable bonds is 7. The molecule has 0 radical (unpaired) electrons. The zero-order valence-corrected chi connectivity index (χ0v) is 21.6. The molecule has 0 bridgehead atoms. The number of piperidine rings is 2. The lowest BCUT2D eigenvalue weighted by Gasteiger charge is -2.35. The maximum Gasteiger partial charge on any atom is 0.318 e. The summed E-state index contributed by atoms with van der Waals surface area (Å²) in [6.45, 7) is 10.3. The van der Waals surface area contributed by atoms with Crippen molar-refractivity contribution in [3.63, 3.8) is 0 Å². The third kappa shape index (κ3) is 4.88. The number of fused-ring (bicyclic) bond motifs is 2. The molecule has 8 heteroatoms. The van der Waals surface area contributed by atoms with Crippen LogP contribution in [-0.4, -0.2) is 70.9 Å².